The van der Waals surface area contributed by atoms with E-state index in [2.05, 4.69) is 9.93 Å². The zero-order valence-corrected chi connectivity index (χ0v) is 14.0. The number of hydrogen-bond acceptors (Lipinski definition) is 3. The number of benzene rings is 2. The highest BCUT2D eigenvalue weighted by molar-refractivity contribution is 7.89. The molecule has 5 heteroatoms. The number of rotatable bonds is 4. The van der Waals surface area contributed by atoms with E-state index in [4.69, 9.17) is 0 Å². The van der Waals surface area contributed by atoms with E-state index in [1.165, 1.54) is 0 Å². The van der Waals surface area contributed by atoms with Crippen LogP contribution in [-0.4, -0.2) is 14.1 Å². The van der Waals surface area contributed by atoms with E-state index in [1.54, 1.807) is 31.2 Å². The van der Waals surface area contributed by atoms with E-state index in [-0.39, 0.29) is 4.90 Å². The van der Waals surface area contributed by atoms with Crippen molar-refractivity contribution >= 4 is 15.7 Å². The summed E-state index contributed by atoms with van der Waals surface area (Å²) in [4.78, 5) is 2.50. The Balaban J connectivity index is 2.26. The first-order chi connectivity index (χ1) is 10.3. The zero-order chi connectivity index (χ0) is 16.3. The molecule has 0 fully saturated rings. The second kappa shape index (κ2) is 6.32. The van der Waals surface area contributed by atoms with Gasteiger partial charge in [0.15, 0.2) is 0 Å². The van der Waals surface area contributed by atoms with Crippen LogP contribution in [0.5, 0.6) is 0 Å². The molecule has 116 valence electrons. The van der Waals surface area contributed by atoms with Gasteiger partial charge in [0.25, 0.3) is 10.0 Å². The van der Waals surface area contributed by atoms with Gasteiger partial charge in [-0.2, -0.15) is 18.4 Å². The molecule has 0 aromatic heterocycles. The molecule has 0 aliphatic heterocycles. The Kier molecular flexibility index (Phi) is 4.66. The van der Waals surface area contributed by atoms with Crippen molar-refractivity contribution in [3.05, 3.63) is 64.7 Å². The molecule has 0 saturated heterocycles. The molecular weight excluding hydrogens is 296 g/mol. The zero-order valence-electron chi connectivity index (χ0n) is 13.2. The minimum Gasteiger partial charge on any atom is -0.200 e. The molecule has 0 aliphatic carbocycles. The highest BCUT2D eigenvalue weighted by Gasteiger charge is 2.13. The van der Waals surface area contributed by atoms with Gasteiger partial charge in [0.05, 0.1) is 10.6 Å². The molecule has 2 rings (SSSR count). The maximum Gasteiger partial charge on any atom is 0.276 e. The first kappa shape index (κ1) is 16.2. The summed E-state index contributed by atoms with van der Waals surface area (Å²) >= 11 is 0. The number of aryl methyl sites for hydroxylation is 3. The summed E-state index contributed by atoms with van der Waals surface area (Å²) in [7, 11) is -3.64. The Hall–Kier alpha value is -2.14. The SMILES string of the molecule is C/C(=N/NS(=O)(=O)c1ccc(C)cc1)c1cc(C)ccc1C. The van der Waals surface area contributed by atoms with Gasteiger partial charge in [-0.05, 0) is 51.5 Å². The monoisotopic (exact) mass is 316 g/mol. The van der Waals surface area contributed by atoms with Crippen molar-refractivity contribution in [2.75, 3.05) is 0 Å². The van der Waals surface area contributed by atoms with Crippen molar-refractivity contribution in [1.82, 2.24) is 4.83 Å². The van der Waals surface area contributed by atoms with Crippen LogP contribution in [0.4, 0.5) is 0 Å². The fraction of sp³-hybridized carbons (Fsp3) is 0.235. The first-order valence-electron chi connectivity index (χ1n) is 7.00. The van der Waals surface area contributed by atoms with Gasteiger partial charge in [-0.3, -0.25) is 0 Å². The molecule has 2 aromatic rings. The summed E-state index contributed by atoms with van der Waals surface area (Å²) < 4.78 is 24.4. The predicted octanol–water partition coefficient (Wildman–Crippen LogP) is 3.31. The maximum atomic E-state index is 12.2. The average Bonchev–Trinajstić information content (AvgIpc) is 2.48. The van der Waals surface area contributed by atoms with Crippen LogP contribution in [0.15, 0.2) is 52.5 Å². The summed E-state index contributed by atoms with van der Waals surface area (Å²) in [6.07, 6.45) is 0. The first-order valence-corrected chi connectivity index (χ1v) is 8.48. The summed E-state index contributed by atoms with van der Waals surface area (Å²) in [5.74, 6) is 0. The fourth-order valence-corrected chi connectivity index (χ4v) is 2.94. The van der Waals surface area contributed by atoms with Crippen LogP contribution in [0.1, 0.15) is 29.2 Å². The van der Waals surface area contributed by atoms with E-state index >= 15 is 0 Å². The summed E-state index contributed by atoms with van der Waals surface area (Å²) in [6.45, 7) is 7.67. The fourth-order valence-electron chi connectivity index (χ4n) is 2.08. The van der Waals surface area contributed by atoms with Gasteiger partial charge in [-0.15, -0.1) is 0 Å². The highest BCUT2D eigenvalue weighted by atomic mass is 32.2. The van der Waals surface area contributed by atoms with Crippen molar-refractivity contribution in [3.63, 3.8) is 0 Å². The molecular formula is C17H20N2O2S. The Labute approximate surface area is 131 Å². The second-order valence-corrected chi connectivity index (χ2v) is 7.08. The van der Waals surface area contributed by atoms with Crippen LogP contribution in [-0.2, 0) is 10.0 Å². The van der Waals surface area contributed by atoms with E-state index in [9.17, 15) is 8.42 Å². The maximum absolute atomic E-state index is 12.2. The molecule has 1 N–H and O–H groups in total. The van der Waals surface area contributed by atoms with Gasteiger partial charge in [-0.1, -0.05) is 35.4 Å². The van der Waals surface area contributed by atoms with Crippen LogP contribution in [0, 0.1) is 20.8 Å². The van der Waals surface area contributed by atoms with Crippen molar-refractivity contribution in [3.8, 4) is 0 Å². The normalized spacial score (nSPS) is 12.3. The molecule has 0 amide bonds. The highest BCUT2D eigenvalue weighted by Crippen LogP contribution is 2.13. The summed E-state index contributed by atoms with van der Waals surface area (Å²) in [5.41, 5.74) is 4.75. The molecule has 4 nitrogen and oxygen atoms in total. The molecule has 0 bridgehead atoms. The topological polar surface area (TPSA) is 58.5 Å². The molecule has 0 saturated carbocycles. The van der Waals surface area contributed by atoms with Crippen molar-refractivity contribution in [2.24, 2.45) is 5.10 Å². The van der Waals surface area contributed by atoms with Crippen molar-refractivity contribution in [1.29, 1.82) is 0 Å². The van der Waals surface area contributed by atoms with Gasteiger partial charge >= 0.3 is 0 Å². The van der Waals surface area contributed by atoms with Crippen molar-refractivity contribution < 1.29 is 8.42 Å². The molecule has 0 heterocycles. The van der Waals surface area contributed by atoms with Gasteiger partial charge < -0.3 is 0 Å². The molecule has 0 radical (unpaired) electrons. The third-order valence-corrected chi connectivity index (χ3v) is 4.67. The Morgan fingerprint density at radius 2 is 1.55 bits per heavy atom. The second-order valence-electron chi connectivity index (χ2n) is 5.42. The molecule has 0 atom stereocenters. The van der Waals surface area contributed by atoms with Gasteiger partial charge in [0, 0.05) is 5.56 Å². The number of nitrogens with one attached hydrogen (secondary N) is 1. The van der Waals surface area contributed by atoms with Crippen LogP contribution < -0.4 is 4.83 Å². The van der Waals surface area contributed by atoms with E-state index < -0.39 is 10.0 Å². The third kappa shape index (κ3) is 3.74. The minimum atomic E-state index is -3.64. The minimum absolute atomic E-state index is 0.204. The molecule has 0 unspecified atom stereocenters. The Morgan fingerprint density at radius 1 is 0.955 bits per heavy atom. The van der Waals surface area contributed by atoms with Crippen LogP contribution >= 0.6 is 0 Å². The van der Waals surface area contributed by atoms with Gasteiger partial charge in [-0.25, -0.2) is 0 Å². The standard InChI is InChI=1S/C17H20N2O2S/c1-12-6-9-16(10-7-12)22(20,21)19-18-15(4)17-11-13(2)5-8-14(17)3/h5-11,19H,1-4H3/b18-15-. The van der Waals surface area contributed by atoms with Crippen LogP contribution in [0.25, 0.3) is 0 Å². The Bertz CT molecular complexity index is 807. The third-order valence-electron chi connectivity index (χ3n) is 3.45. The molecule has 0 spiro atoms. The van der Waals surface area contributed by atoms with Crippen LogP contribution in [0.2, 0.25) is 0 Å². The number of sulfonamides is 1. The van der Waals surface area contributed by atoms with Crippen molar-refractivity contribution in [2.45, 2.75) is 32.6 Å². The van der Waals surface area contributed by atoms with E-state index in [1.807, 2.05) is 39.0 Å². The molecule has 2 aromatic carbocycles. The number of nitrogens with zero attached hydrogens (tertiary/aromatic N) is 1. The summed E-state index contributed by atoms with van der Waals surface area (Å²) in [6, 6.07) is 12.7. The summed E-state index contributed by atoms with van der Waals surface area (Å²) in [5, 5.41) is 4.05. The smallest absolute Gasteiger partial charge is 0.200 e. The van der Waals surface area contributed by atoms with Gasteiger partial charge in [0.2, 0.25) is 0 Å². The lowest BCUT2D eigenvalue weighted by Crippen LogP contribution is -2.20. The Morgan fingerprint density at radius 3 is 2.18 bits per heavy atom. The van der Waals surface area contributed by atoms with Gasteiger partial charge in [0.1, 0.15) is 0 Å². The van der Waals surface area contributed by atoms with E-state index in [0.717, 1.165) is 22.3 Å². The van der Waals surface area contributed by atoms with E-state index in [0.29, 0.717) is 5.71 Å². The molecule has 22 heavy (non-hydrogen) atoms. The largest absolute Gasteiger partial charge is 0.276 e. The molecule has 0 aliphatic rings. The number of hydrazone groups is 1. The number of hydrogen-bond donors (Lipinski definition) is 1. The lowest BCUT2D eigenvalue weighted by Gasteiger charge is -2.08. The van der Waals surface area contributed by atoms with Crippen LogP contribution in [0.3, 0.4) is 0 Å². The lowest BCUT2D eigenvalue weighted by molar-refractivity contribution is 0.584. The average molecular weight is 316 g/mol. The predicted molar refractivity (Wildman–Crippen MR) is 89.6 cm³/mol. The quantitative estimate of drug-likeness (QED) is 0.695. The lowest BCUT2D eigenvalue weighted by atomic mass is 10.0.